The summed E-state index contributed by atoms with van der Waals surface area (Å²) in [5, 5.41) is 16.9. The van der Waals surface area contributed by atoms with Crippen molar-refractivity contribution >= 4 is 11.9 Å². The molecule has 0 aromatic rings. The maximum absolute atomic E-state index is 10.4. The number of rotatable bonds is 9. The molecule has 90 valence electrons. The van der Waals surface area contributed by atoms with Gasteiger partial charge in [0.1, 0.15) is 0 Å². The molecule has 0 aromatic heterocycles. The van der Waals surface area contributed by atoms with Crippen molar-refractivity contribution in [1.82, 2.24) is 0 Å². The van der Waals surface area contributed by atoms with E-state index in [0.717, 1.165) is 18.4 Å². The summed E-state index contributed by atoms with van der Waals surface area (Å²) in [6.07, 6.45) is 3.08. The summed E-state index contributed by atoms with van der Waals surface area (Å²) >= 11 is 0. The molecule has 0 aliphatic rings. The number of hydrogen-bond acceptors (Lipinski definition) is 2. The molecule has 0 bridgehead atoms. The van der Waals surface area contributed by atoms with E-state index in [0.29, 0.717) is 18.4 Å². The SMILES string of the molecule is C=C(CCCCCC(=O)O)C(=C)CC(=O)O. The summed E-state index contributed by atoms with van der Waals surface area (Å²) in [7, 11) is 0. The van der Waals surface area contributed by atoms with Crippen LogP contribution in [0.1, 0.15) is 38.5 Å². The van der Waals surface area contributed by atoms with E-state index < -0.39 is 11.9 Å². The molecule has 0 unspecified atom stereocenters. The summed E-state index contributed by atoms with van der Waals surface area (Å²) in [4.78, 5) is 20.6. The van der Waals surface area contributed by atoms with Crippen molar-refractivity contribution in [3.63, 3.8) is 0 Å². The largest absolute Gasteiger partial charge is 0.481 e. The minimum atomic E-state index is -0.906. The zero-order chi connectivity index (χ0) is 12.6. The second kappa shape index (κ2) is 7.68. The van der Waals surface area contributed by atoms with Gasteiger partial charge in [-0.15, -0.1) is 0 Å². The minimum Gasteiger partial charge on any atom is -0.481 e. The van der Waals surface area contributed by atoms with Gasteiger partial charge in [-0.2, -0.15) is 0 Å². The smallest absolute Gasteiger partial charge is 0.307 e. The lowest BCUT2D eigenvalue weighted by atomic mass is 10.00. The van der Waals surface area contributed by atoms with Crippen LogP contribution in [-0.2, 0) is 9.59 Å². The average molecular weight is 226 g/mol. The van der Waals surface area contributed by atoms with Gasteiger partial charge in [0, 0.05) is 6.42 Å². The van der Waals surface area contributed by atoms with Crippen LogP contribution in [0.5, 0.6) is 0 Å². The summed E-state index contributed by atoms with van der Waals surface area (Å²) in [6, 6.07) is 0. The van der Waals surface area contributed by atoms with E-state index >= 15 is 0 Å². The minimum absolute atomic E-state index is 0.0754. The van der Waals surface area contributed by atoms with Crippen LogP contribution in [0, 0.1) is 0 Å². The van der Waals surface area contributed by atoms with Crippen LogP contribution in [0.3, 0.4) is 0 Å². The first kappa shape index (κ1) is 14.4. The van der Waals surface area contributed by atoms with E-state index in [1.165, 1.54) is 0 Å². The first-order chi connectivity index (χ1) is 7.43. The van der Waals surface area contributed by atoms with Gasteiger partial charge >= 0.3 is 11.9 Å². The van der Waals surface area contributed by atoms with E-state index in [9.17, 15) is 9.59 Å². The van der Waals surface area contributed by atoms with Gasteiger partial charge in [0.25, 0.3) is 0 Å². The Morgan fingerprint density at radius 3 is 1.88 bits per heavy atom. The van der Waals surface area contributed by atoms with Crippen LogP contribution in [0.15, 0.2) is 24.3 Å². The van der Waals surface area contributed by atoms with E-state index in [4.69, 9.17) is 10.2 Å². The van der Waals surface area contributed by atoms with Gasteiger partial charge in [-0.3, -0.25) is 9.59 Å². The van der Waals surface area contributed by atoms with Crippen LogP contribution in [0.25, 0.3) is 0 Å². The maximum Gasteiger partial charge on any atom is 0.307 e. The predicted molar refractivity (Wildman–Crippen MR) is 61.3 cm³/mol. The highest BCUT2D eigenvalue weighted by molar-refractivity contribution is 5.71. The molecule has 4 nitrogen and oxygen atoms in total. The molecule has 0 amide bonds. The Hall–Kier alpha value is -1.58. The highest BCUT2D eigenvalue weighted by atomic mass is 16.4. The lowest BCUT2D eigenvalue weighted by molar-refractivity contribution is -0.137. The fraction of sp³-hybridized carbons (Fsp3) is 0.500. The van der Waals surface area contributed by atoms with Gasteiger partial charge in [-0.05, 0) is 24.8 Å². The normalized spacial score (nSPS) is 9.75. The zero-order valence-corrected chi connectivity index (χ0v) is 9.37. The van der Waals surface area contributed by atoms with Crippen molar-refractivity contribution in [2.24, 2.45) is 0 Å². The number of allylic oxidation sites excluding steroid dienone is 1. The molecular formula is C12H18O4. The fourth-order valence-electron chi connectivity index (χ4n) is 1.28. The Balaban J connectivity index is 3.61. The summed E-state index contributed by atoms with van der Waals surface area (Å²) in [5.41, 5.74) is 1.29. The quantitative estimate of drug-likeness (QED) is 0.468. The van der Waals surface area contributed by atoms with Crippen molar-refractivity contribution in [1.29, 1.82) is 0 Å². The zero-order valence-electron chi connectivity index (χ0n) is 9.37. The van der Waals surface area contributed by atoms with E-state index in [1.807, 2.05) is 0 Å². The van der Waals surface area contributed by atoms with Crippen LogP contribution in [0.4, 0.5) is 0 Å². The second-order valence-electron chi connectivity index (χ2n) is 3.73. The molecule has 2 N–H and O–H groups in total. The lowest BCUT2D eigenvalue weighted by Crippen LogP contribution is -1.99. The van der Waals surface area contributed by atoms with E-state index in [-0.39, 0.29) is 12.8 Å². The fourth-order valence-corrected chi connectivity index (χ4v) is 1.28. The number of unbranched alkanes of at least 4 members (excludes halogenated alkanes) is 2. The van der Waals surface area contributed by atoms with Gasteiger partial charge in [0.15, 0.2) is 0 Å². The highest BCUT2D eigenvalue weighted by Crippen LogP contribution is 2.17. The first-order valence-electron chi connectivity index (χ1n) is 5.23. The molecule has 4 heteroatoms. The molecular weight excluding hydrogens is 208 g/mol. The molecule has 0 spiro atoms. The molecule has 0 atom stereocenters. The van der Waals surface area contributed by atoms with Gasteiger partial charge in [-0.1, -0.05) is 25.2 Å². The molecule has 16 heavy (non-hydrogen) atoms. The molecule has 0 aromatic carbocycles. The van der Waals surface area contributed by atoms with Crippen molar-refractivity contribution in [2.75, 3.05) is 0 Å². The van der Waals surface area contributed by atoms with Gasteiger partial charge in [-0.25, -0.2) is 0 Å². The first-order valence-corrected chi connectivity index (χ1v) is 5.23. The van der Waals surface area contributed by atoms with E-state index in [1.54, 1.807) is 0 Å². The third-order valence-electron chi connectivity index (χ3n) is 2.23. The van der Waals surface area contributed by atoms with Crippen molar-refractivity contribution in [3.8, 4) is 0 Å². The molecule has 0 radical (unpaired) electrons. The number of carboxylic acid groups (broad SMARTS) is 2. The van der Waals surface area contributed by atoms with E-state index in [2.05, 4.69) is 13.2 Å². The second-order valence-corrected chi connectivity index (χ2v) is 3.73. The number of carbonyl (C=O) groups is 2. The van der Waals surface area contributed by atoms with Gasteiger partial charge in [0.2, 0.25) is 0 Å². The summed E-state index contributed by atoms with van der Waals surface area (Å²) < 4.78 is 0. The Kier molecular flexibility index (Phi) is 6.92. The Bertz CT molecular complexity index is 291. The topological polar surface area (TPSA) is 74.6 Å². The molecule has 0 aliphatic carbocycles. The molecule has 0 fully saturated rings. The van der Waals surface area contributed by atoms with Gasteiger partial charge < -0.3 is 10.2 Å². The number of hydrogen-bond donors (Lipinski definition) is 2. The third kappa shape index (κ3) is 7.79. The molecule has 0 saturated heterocycles. The van der Waals surface area contributed by atoms with Crippen LogP contribution in [-0.4, -0.2) is 22.2 Å². The third-order valence-corrected chi connectivity index (χ3v) is 2.23. The van der Waals surface area contributed by atoms with Crippen LogP contribution < -0.4 is 0 Å². The Morgan fingerprint density at radius 1 is 0.812 bits per heavy atom. The van der Waals surface area contributed by atoms with Crippen molar-refractivity contribution in [2.45, 2.75) is 38.5 Å². The highest BCUT2D eigenvalue weighted by Gasteiger charge is 2.05. The number of carboxylic acids is 2. The summed E-state index contributed by atoms with van der Waals surface area (Å²) in [5.74, 6) is -1.69. The Labute approximate surface area is 95.3 Å². The molecule has 0 rings (SSSR count). The average Bonchev–Trinajstić information content (AvgIpc) is 2.15. The van der Waals surface area contributed by atoms with Crippen molar-refractivity contribution in [3.05, 3.63) is 24.3 Å². The monoisotopic (exact) mass is 226 g/mol. The predicted octanol–water partition coefficient (Wildman–Crippen LogP) is 2.61. The van der Waals surface area contributed by atoms with Crippen molar-refractivity contribution < 1.29 is 19.8 Å². The number of aliphatic carboxylic acids is 2. The standard InChI is InChI=1S/C12H18O4/c1-9(10(2)8-12(15)16)6-4-3-5-7-11(13)14/h1-8H2,(H,13,14)(H,15,16). The van der Waals surface area contributed by atoms with Crippen LogP contribution >= 0.6 is 0 Å². The Morgan fingerprint density at radius 2 is 1.38 bits per heavy atom. The molecule has 0 aliphatic heterocycles. The lowest BCUT2D eigenvalue weighted by Gasteiger charge is -2.06. The molecule has 0 heterocycles. The van der Waals surface area contributed by atoms with Gasteiger partial charge in [0.05, 0.1) is 6.42 Å². The molecule has 0 saturated carbocycles. The summed E-state index contributed by atoms with van der Waals surface area (Å²) in [6.45, 7) is 7.41. The maximum atomic E-state index is 10.4. The van der Waals surface area contributed by atoms with Crippen LogP contribution in [0.2, 0.25) is 0 Å².